The molecule has 0 radical (unpaired) electrons. The van der Waals surface area contributed by atoms with Gasteiger partial charge in [-0.05, 0) is 51.3 Å². The number of hydrogen-bond donors (Lipinski definition) is 0. The van der Waals surface area contributed by atoms with Gasteiger partial charge in [0, 0.05) is 31.9 Å². The molecule has 1 saturated carbocycles. The van der Waals surface area contributed by atoms with E-state index in [9.17, 15) is 10.1 Å². The fourth-order valence-electron chi connectivity index (χ4n) is 4.43. The Labute approximate surface area is 157 Å². The number of carbonyl (C=O) groups is 1. The third-order valence-electron chi connectivity index (χ3n) is 6.08. The summed E-state index contributed by atoms with van der Waals surface area (Å²) < 4.78 is 0. The summed E-state index contributed by atoms with van der Waals surface area (Å²) in [6, 6.07) is 8.87. The van der Waals surface area contributed by atoms with Crippen molar-refractivity contribution in [2.45, 2.75) is 64.0 Å². The lowest BCUT2D eigenvalue weighted by molar-refractivity contribution is -0.140. The van der Waals surface area contributed by atoms with Crippen molar-refractivity contribution >= 4 is 5.91 Å². The zero-order valence-electron chi connectivity index (χ0n) is 15.9. The van der Waals surface area contributed by atoms with Gasteiger partial charge in [0.05, 0.1) is 11.8 Å². The van der Waals surface area contributed by atoms with E-state index in [1.807, 2.05) is 23.2 Å². The fourth-order valence-corrected chi connectivity index (χ4v) is 4.43. The van der Waals surface area contributed by atoms with Crippen molar-refractivity contribution in [3.8, 4) is 6.07 Å². The molecule has 1 aliphatic heterocycles. The Bertz CT molecular complexity index is 633. The van der Waals surface area contributed by atoms with Crippen molar-refractivity contribution in [3.05, 3.63) is 30.1 Å². The number of carbonyl (C=O) groups excluding carboxylic acids is 1. The van der Waals surface area contributed by atoms with Gasteiger partial charge in [0.15, 0.2) is 0 Å². The number of hydrogen-bond acceptors (Lipinski definition) is 4. The molecule has 1 atom stereocenters. The van der Waals surface area contributed by atoms with E-state index in [2.05, 4.69) is 29.1 Å². The molecular weight excluding hydrogens is 324 g/mol. The van der Waals surface area contributed by atoms with E-state index in [1.165, 1.54) is 0 Å². The molecule has 0 N–H and O–H groups in total. The molecule has 1 aromatic rings. The predicted octanol–water partition coefficient (Wildman–Crippen LogP) is 3.37. The summed E-state index contributed by atoms with van der Waals surface area (Å²) in [6.07, 6.45) is 9.53. The Kier molecular flexibility index (Phi) is 6.26. The Hall–Kier alpha value is -1.93. The summed E-state index contributed by atoms with van der Waals surface area (Å²) in [6.45, 7) is 2.39. The minimum atomic E-state index is -0.752. The molecule has 5 heteroatoms. The van der Waals surface area contributed by atoms with Crippen LogP contribution in [0.2, 0.25) is 0 Å². The molecular formula is C21H30N4O. The zero-order valence-corrected chi connectivity index (χ0v) is 15.9. The average Bonchev–Trinajstić information content (AvgIpc) is 2.95. The van der Waals surface area contributed by atoms with Gasteiger partial charge in [-0.15, -0.1) is 0 Å². The van der Waals surface area contributed by atoms with Gasteiger partial charge in [0.25, 0.3) is 0 Å². The van der Waals surface area contributed by atoms with Crippen molar-refractivity contribution in [1.82, 2.24) is 14.8 Å². The van der Waals surface area contributed by atoms with Gasteiger partial charge in [-0.2, -0.15) is 5.26 Å². The lowest BCUT2D eigenvalue weighted by Gasteiger charge is -2.34. The van der Waals surface area contributed by atoms with E-state index in [0.29, 0.717) is 6.04 Å². The number of nitriles is 1. The first-order chi connectivity index (χ1) is 12.6. The van der Waals surface area contributed by atoms with Crippen LogP contribution in [0.3, 0.4) is 0 Å². The van der Waals surface area contributed by atoms with E-state index in [4.69, 9.17) is 0 Å². The van der Waals surface area contributed by atoms with Gasteiger partial charge in [0.2, 0.25) is 5.91 Å². The molecule has 0 spiro atoms. The molecule has 0 unspecified atom stereocenters. The van der Waals surface area contributed by atoms with E-state index in [1.54, 1.807) is 0 Å². The standard InChI is InChI=1S/C21H30N4O/c1-24(16-18-8-3-6-13-23-18)19-9-7-14-25(15-10-19)20(26)21(17-22)11-4-2-5-12-21/h3,6,8,13,19H,2,4-5,7,9-12,14-16H2,1H3/t19-/m1/s1. The monoisotopic (exact) mass is 354 g/mol. The van der Waals surface area contributed by atoms with Crippen LogP contribution in [0.1, 0.15) is 57.1 Å². The van der Waals surface area contributed by atoms with E-state index in [0.717, 1.165) is 76.7 Å². The van der Waals surface area contributed by atoms with Crippen molar-refractivity contribution in [3.63, 3.8) is 0 Å². The van der Waals surface area contributed by atoms with Gasteiger partial charge in [-0.1, -0.05) is 25.3 Å². The maximum Gasteiger partial charge on any atom is 0.243 e. The minimum Gasteiger partial charge on any atom is -0.341 e. The molecule has 1 saturated heterocycles. The van der Waals surface area contributed by atoms with Crippen LogP contribution < -0.4 is 0 Å². The molecule has 0 aromatic carbocycles. The van der Waals surface area contributed by atoms with Gasteiger partial charge in [-0.25, -0.2) is 0 Å². The largest absolute Gasteiger partial charge is 0.341 e. The van der Waals surface area contributed by atoms with Crippen LogP contribution >= 0.6 is 0 Å². The molecule has 2 fully saturated rings. The third-order valence-corrected chi connectivity index (χ3v) is 6.08. The molecule has 2 aliphatic rings. The molecule has 1 aromatic heterocycles. The van der Waals surface area contributed by atoms with Crippen molar-refractivity contribution in [2.24, 2.45) is 5.41 Å². The van der Waals surface area contributed by atoms with Crippen molar-refractivity contribution < 1.29 is 4.79 Å². The van der Waals surface area contributed by atoms with Gasteiger partial charge >= 0.3 is 0 Å². The molecule has 1 amide bonds. The number of aromatic nitrogens is 1. The van der Waals surface area contributed by atoms with Crippen LogP contribution in [0.25, 0.3) is 0 Å². The van der Waals surface area contributed by atoms with Crippen LogP contribution in [0.4, 0.5) is 0 Å². The molecule has 140 valence electrons. The lowest BCUT2D eigenvalue weighted by Crippen LogP contribution is -2.45. The lowest BCUT2D eigenvalue weighted by atomic mass is 9.74. The molecule has 0 bridgehead atoms. The van der Waals surface area contributed by atoms with Crippen molar-refractivity contribution in [1.29, 1.82) is 5.26 Å². The molecule has 5 nitrogen and oxygen atoms in total. The Morgan fingerprint density at radius 1 is 1.27 bits per heavy atom. The first kappa shape index (κ1) is 18.8. The smallest absolute Gasteiger partial charge is 0.243 e. The Balaban J connectivity index is 1.59. The SMILES string of the molecule is CN(Cc1ccccn1)[C@@H]1CCCN(C(=O)C2(C#N)CCCCC2)CC1. The van der Waals surface area contributed by atoms with Gasteiger partial charge in [0.1, 0.15) is 5.41 Å². The Morgan fingerprint density at radius 3 is 2.77 bits per heavy atom. The van der Waals surface area contributed by atoms with Gasteiger partial charge < -0.3 is 4.90 Å². The number of nitrogens with zero attached hydrogens (tertiary/aromatic N) is 4. The van der Waals surface area contributed by atoms with E-state index >= 15 is 0 Å². The first-order valence-electron chi connectivity index (χ1n) is 9.95. The van der Waals surface area contributed by atoms with Crippen molar-refractivity contribution in [2.75, 3.05) is 20.1 Å². The highest BCUT2D eigenvalue weighted by Gasteiger charge is 2.42. The maximum atomic E-state index is 13.1. The van der Waals surface area contributed by atoms with Crippen LogP contribution in [0.5, 0.6) is 0 Å². The average molecular weight is 354 g/mol. The summed E-state index contributed by atoms with van der Waals surface area (Å²) in [4.78, 5) is 21.9. The molecule has 2 heterocycles. The predicted molar refractivity (Wildman–Crippen MR) is 101 cm³/mol. The van der Waals surface area contributed by atoms with Crippen LogP contribution in [-0.2, 0) is 11.3 Å². The highest BCUT2D eigenvalue weighted by atomic mass is 16.2. The number of amides is 1. The third kappa shape index (κ3) is 4.24. The topological polar surface area (TPSA) is 60.2 Å². The second-order valence-corrected chi connectivity index (χ2v) is 7.87. The fraction of sp³-hybridized carbons (Fsp3) is 0.667. The highest BCUT2D eigenvalue weighted by molar-refractivity contribution is 5.85. The number of rotatable bonds is 4. The zero-order chi connectivity index (χ0) is 18.4. The van der Waals surface area contributed by atoms with Gasteiger partial charge in [-0.3, -0.25) is 14.7 Å². The molecule has 3 rings (SSSR count). The minimum absolute atomic E-state index is 0.0905. The summed E-state index contributed by atoms with van der Waals surface area (Å²) in [7, 11) is 2.15. The van der Waals surface area contributed by atoms with E-state index in [-0.39, 0.29) is 5.91 Å². The normalized spacial score (nSPS) is 23.3. The molecule has 26 heavy (non-hydrogen) atoms. The number of pyridine rings is 1. The first-order valence-corrected chi connectivity index (χ1v) is 9.95. The van der Waals surface area contributed by atoms with Crippen LogP contribution in [0.15, 0.2) is 24.4 Å². The Morgan fingerprint density at radius 2 is 2.08 bits per heavy atom. The summed E-state index contributed by atoms with van der Waals surface area (Å²) in [5.41, 5.74) is 0.329. The van der Waals surface area contributed by atoms with Crippen LogP contribution in [0, 0.1) is 16.7 Å². The number of likely N-dealkylation sites (tertiary alicyclic amines) is 1. The molecule has 1 aliphatic carbocycles. The van der Waals surface area contributed by atoms with E-state index < -0.39 is 5.41 Å². The second kappa shape index (κ2) is 8.64. The quantitative estimate of drug-likeness (QED) is 0.832. The van der Waals surface area contributed by atoms with Crippen LogP contribution in [-0.4, -0.2) is 46.9 Å². The second-order valence-electron chi connectivity index (χ2n) is 7.87. The summed E-state index contributed by atoms with van der Waals surface area (Å²) >= 11 is 0. The summed E-state index contributed by atoms with van der Waals surface area (Å²) in [5.74, 6) is 0.0905. The summed E-state index contributed by atoms with van der Waals surface area (Å²) in [5, 5.41) is 9.70. The highest BCUT2D eigenvalue weighted by Crippen LogP contribution is 2.38. The maximum absolute atomic E-state index is 13.1.